The number of aliphatic hydroxyl groups is 1. The molecule has 2 N–H and O–H groups in total. The molecule has 3 nitrogen and oxygen atoms in total. The molecule has 0 radical (unpaired) electrons. The lowest BCUT2D eigenvalue weighted by Gasteiger charge is -1.97. The van der Waals surface area contributed by atoms with E-state index in [0.717, 1.165) is 44.9 Å². The Morgan fingerprint density at radius 2 is 1.35 bits per heavy atom. The number of rotatable bonds is 12. The Kier molecular flexibility index (Phi) is 12.6. The van der Waals surface area contributed by atoms with E-state index in [1.165, 1.54) is 12.8 Å². The summed E-state index contributed by atoms with van der Waals surface area (Å²) < 4.78 is 0. The highest BCUT2D eigenvalue weighted by atomic mass is 16.4. The fourth-order valence-corrected chi connectivity index (χ4v) is 1.68. The van der Waals surface area contributed by atoms with E-state index < -0.39 is 5.97 Å². The van der Waals surface area contributed by atoms with Gasteiger partial charge in [-0.25, -0.2) is 0 Å². The van der Waals surface area contributed by atoms with E-state index in [0.29, 0.717) is 13.0 Å². The predicted molar refractivity (Wildman–Crippen MR) is 70.0 cm³/mol. The Balaban J connectivity index is 3.07. The normalized spacial score (nSPS) is 11.1. The second-order valence-electron chi connectivity index (χ2n) is 4.39. The number of allylic oxidation sites excluding steroid dienone is 2. The Morgan fingerprint density at radius 1 is 0.824 bits per heavy atom. The van der Waals surface area contributed by atoms with Crippen LogP contribution in [0.15, 0.2) is 12.2 Å². The van der Waals surface area contributed by atoms with Gasteiger partial charge in [-0.1, -0.05) is 31.4 Å². The monoisotopic (exact) mass is 242 g/mol. The van der Waals surface area contributed by atoms with E-state index in [2.05, 4.69) is 12.2 Å². The van der Waals surface area contributed by atoms with Gasteiger partial charge < -0.3 is 10.2 Å². The molecular formula is C14H26O3. The third-order valence-corrected chi connectivity index (χ3v) is 2.71. The number of hydrogen-bond donors (Lipinski definition) is 2. The van der Waals surface area contributed by atoms with Gasteiger partial charge in [-0.2, -0.15) is 0 Å². The fraction of sp³-hybridized carbons (Fsp3) is 0.786. The molecule has 3 heteroatoms. The zero-order chi connectivity index (χ0) is 12.8. The molecule has 0 heterocycles. The van der Waals surface area contributed by atoms with Crippen molar-refractivity contribution in [2.45, 2.75) is 64.2 Å². The first-order valence-corrected chi connectivity index (χ1v) is 6.75. The van der Waals surface area contributed by atoms with Gasteiger partial charge in [-0.3, -0.25) is 4.79 Å². The Bertz CT molecular complexity index is 200. The molecule has 0 atom stereocenters. The minimum atomic E-state index is -0.691. The molecule has 0 rings (SSSR count). The second kappa shape index (κ2) is 13.2. The quantitative estimate of drug-likeness (QED) is 0.406. The molecule has 0 aromatic rings. The lowest BCUT2D eigenvalue weighted by atomic mass is 10.1. The molecule has 0 aliphatic heterocycles. The minimum absolute atomic E-state index is 0.300. The van der Waals surface area contributed by atoms with Crippen LogP contribution in [0.4, 0.5) is 0 Å². The van der Waals surface area contributed by atoms with Gasteiger partial charge in [0.1, 0.15) is 0 Å². The highest BCUT2D eigenvalue weighted by molar-refractivity contribution is 5.66. The van der Waals surface area contributed by atoms with Gasteiger partial charge in [0, 0.05) is 13.0 Å². The molecule has 0 amide bonds. The van der Waals surface area contributed by atoms with Crippen molar-refractivity contribution in [3.05, 3.63) is 12.2 Å². The average Bonchev–Trinajstić information content (AvgIpc) is 2.30. The Hall–Kier alpha value is -0.830. The van der Waals surface area contributed by atoms with Gasteiger partial charge >= 0.3 is 5.97 Å². The fourth-order valence-electron chi connectivity index (χ4n) is 1.68. The van der Waals surface area contributed by atoms with Crippen molar-refractivity contribution in [3.8, 4) is 0 Å². The summed E-state index contributed by atoms with van der Waals surface area (Å²) in [6.45, 7) is 0.312. The van der Waals surface area contributed by atoms with Gasteiger partial charge in [0.2, 0.25) is 0 Å². The number of aliphatic hydroxyl groups excluding tert-OH is 1. The molecule has 0 fully saturated rings. The molecular weight excluding hydrogens is 216 g/mol. The second-order valence-corrected chi connectivity index (χ2v) is 4.39. The smallest absolute Gasteiger partial charge is 0.303 e. The highest BCUT2D eigenvalue weighted by Gasteiger charge is 1.94. The summed E-state index contributed by atoms with van der Waals surface area (Å²) in [4.78, 5) is 10.3. The van der Waals surface area contributed by atoms with E-state index in [1.807, 2.05) is 0 Å². The van der Waals surface area contributed by atoms with Crippen LogP contribution < -0.4 is 0 Å². The molecule has 0 saturated heterocycles. The number of hydrogen-bond acceptors (Lipinski definition) is 2. The van der Waals surface area contributed by atoms with E-state index >= 15 is 0 Å². The summed E-state index contributed by atoms with van der Waals surface area (Å²) in [6.07, 6.45) is 14.3. The van der Waals surface area contributed by atoms with Crippen LogP contribution in [-0.4, -0.2) is 22.8 Å². The van der Waals surface area contributed by atoms with Crippen molar-refractivity contribution in [3.63, 3.8) is 0 Å². The lowest BCUT2D eigenvalue weighted by molar-refractivity contribution is -0.137. The lowest BCUT2D eigenvalue weighted by Crippen LogP contribution is -1.93. The third kappa shape index (κ3) is 15.2. The molecule has 0 saturated carbocycles. The molecule has 0 aliphatic rings. The van der Waals surface area contributed by atoms with Crippen LogP contribution in [0.5, 0.6) is 0 Å². The zero-order valence-corrected chi connectivity index (χ0v) is 10.7. The predicted octanol–water partition coefficient (Wildman–Crippen LogP) is 3.52. The van der Waals surface area contributed by atoms with Crippen molar-refractivity contribution >= 4 is 5.97 Å². The Morgan fingerprint density at radius 3 is 1.88 bits per heavy atom. The molecule has 0 aliphatic carbocycles. The van der Waals surface area contributed by atoms with Crippen LogP contribution in [0, 0.1) is 0 Å². The summed E-state index contributed by atoms with van der Waals surface area (Å²) >= 11 is 0. The van der Waals surface area contributed by atoms with E-state index in [4.69, 9.17) is 10.2 Å². The minimum Gasteiger partial charge on any atom is -0.481 e. The molecule has 100 valence electrons. The first kappa shape index (κ1) is 16.2. The van der Waals surface area contributed by atoms with E-state index in [1.54, 1.807) is 0 Å². The van der Waals surface area contributed by atoms with Gasteiger partial charge in [-0.05, 0) is 38.5 Å². The van der Waals surface area contributed by atoms with Crippen LogP contribution in [0.1, 0.15) is 64.2 Å². The van der Waals surface area contributed by atoms with E-state index in [-0.39, 0.29) is 0 Å². The zero-order valence-electron chi connectivity index (χ0n) is 10.7. The maximum atomic E-state index is 10.3. The summed E-state index contributed by atoms with van der Waals surface area (Å²) in [7, 11) is 0. The molecule has 0 bridgehead atoms. The van der Waals surface area contributed by atoms with Crippen LogP contribution in [0.2, 0.25) is 0 Å². The van der Waals surface area contributed by atoms with Gasteiger partial charge in [0.15, 0.2) is 0 Å². The first-order valence-electron chi connectivity index (χ1n) is 6.75. The maximum absolute atomic E-state index is 10.3. The Labute approximate surface area is 105 Å². The number of carboxylic acids is 1. The van der Waals surface area contributed by atoms with Crippen molar-refractivity contribution in [1.82, 2.24) is 0 Å². The van der Waals surface area contributed by atoms with E-state index in [9.17, 15) is 4.79 Å². The summed E-state index contributed by atoms with van der Waals surface area (Å²) in [5.74, 6) is -0.691. The molecule has 0 unspecified atom stereocenters. The number of unbranched alkanes of at least 4 members (excludes halogenated alkanes) is 7. The van der Waals surface area contributed by atoms with Gasteiger partial charge in [0.25, 0.3) is 0 Å². The van der Waals surface area contributed by atoms with Crippen LogP contribution in [-0.2, 0) is 4.79 Å². The maximum Gasteiger partial charge on any atom is 0.303 e. The SMILES string of the molecule is O=C(O)CCCCCC=CCCCCCCO. The van der Waals surface area contributed by atoms with Crippen molar-refractivity contribution in [2.75, 3.05) is 6.61 Å². The summed E-state index contributed by atoms with van der Waals surface area (Å²) in [5, 5.41) is 17.0. The number of carboxylic acid groups (broad SMARTS) is 1. The molecule has 0 aromatic carbocycles. The van der Waals surface area contributed by atoms with Crippen molar-refractivity contribution in [1.29, 1.82) is 0 Å². The third-order valence-electron chi connectivity index (χ3n) is 2.71. The van der Waals surface area contributed by atoms with Crippen LogP contribution in [0.25, 0.3) is 0 Å². The topological polar surface area (TPSA) is 57.5 Å². The molecule has 0 aromatic heterocycles. The van der Waals surface area contributed by atoms with Crippen molar-refractivity contribution in [2.24, 2.45) is 0 Å². The summed E-state index contributed by atoms with van der Waals surface area (Å²) in [5.41, 5.74) is 0. The van der Waals surface area contributed by atoms with Crippen molar-refractivity contribution < 1.29 is 15.0 Å². The number of carbonyl (C=O) groups is 1. The van der Waals surface area contributed by atoms with Gasteiger partial charge in [0.05, 0.1) is 0 Å². The van der Waals surface area contributed by atoms with Gasteiger partial charge in [-0.15, -0.1) is 0 Å². The standard InChI is InChI=1S/C14H26O3/c15-13-11-9-7-5-3-1-2-4-6-8-10-12-14(16)17/h1-2,15H,3-13H2,(H,16,17). The van der Waals surface area contributed by atoms with Crippen LogP contribution in [0.3, 0.4) is 0 Å². The summed E-state index contributed by atoms with van der Waals surface area (Å²) in [6, 6.07) is 0. The first-order chi connectivity index (χ1) is 8.27. The molecule has 17 heavy (non-hydrogen) atoms. The molecule has 0 spiro atoms. The highest BCUT2D eigenvalue weighted by Crippen LogP contribution is 2.06. The number of aliphatic carboxylic acids is 1. The average molecular weight is 242 g/mol. The van der Waals surface area contributed by atoms with Crippen LogP contribution >= 0.6 is 0 Å². The largest absolute Gasteiger partial charge is 0.481 e.